The Labute approximate surface area is 155 Å². The van der Waals surface area contributed by atoms with Crippen LogP contribution in [0.3, 0.4) is 0 Å². The standard InChI is InChI=1S/C20H27N5O/c1-5-24-8-10-25(11-9-24)20(26)18-13-19(22-16(4)21-18)23-17-12-14(2)6-7-15(17)3/h6-7,12-13H,5,8-11H2,1-4H3,(H,21,22,23). The number of hydrogen-bond acceptors (Lipinski definition) is 5. The maximum Gasteiger partial charge on any atom is 0.272 e. The lowest BCUT2D eigenvalue weighted by Gasteiger charge is -2.33. The summed E-state index contributed by atoms with van der Waals surface area (Å²) in [5, 5.41) is 3.34. The molecule has 1 aromatic carbocycles. The summed E-state index contributed by atoms with van der Waals surface area (Å²) in [6.45, 7) is 12.4. The summed E-state index contributed by atoms with van der Waals surface area (Å²) in [6, 6.07) is 7.99. The van der Waals surface area contributed by atoms with E-state index in [0.717, 1.165) is 44.0 Å². The Morgan fingerprint density at radius 1 is 1.08 bits per heavy atom. The van der Waals surface area contributed by atoms with Crippen LogP contribution in [-0.2, 0) is 0 Å². The predicted octanol–water partition coefficient (Wildman–Crippen LogP) is 2.92. The lowest BCUT2D eigenvalue weighted by molar-refractivity contribution is 0.0637. The van der Waals surface area contributed by atoms with Crippen molar-refractivity contribution in [3.63, 3.8) is 0 Å². The van der Waals surface area contributed by atoms with Crippen molar-refractivity contribution in [2.24, 2.45) is 0 Å². The topological polar surface area (TPSA) is 61.4 Å². The van der Waals surface area contributed by atoms with Gasteiger partial charge in [-0.05, 0) is 44.5 Å². The van der Waals surface area contributed by atoms with Gasteiger partial charge in [-0.2, -0.15) is 0 Å². The normalized spacial score (nSPS) is 15.2. The molecule has 0 atom stereocenters. The van der Waals surface area contributed by atoms with Gasteiger partial charge in [-0.25, -0.2) is 9.97 Å². The minimum atomic E-state index is -0.0183. The van der Waals surface area contributed by atoms with Crippen molar-refractivity contribution in [3.8, 4) is 0 Å². The summed E-state index contributed by atoms with van der Waals surface area (Å²) in [7, 11) is 0. The van der Waals surface area contributed by atoms with Crippen molar-refractivity contribution >= 4 is 17.4 Å². The third-order valence-electron chi connectivity index (χ3n) is 4.82. The first kappa shape index (κ1) is 18.3. The maximum atomic E-state index is 12.9. The number of aromatic nitrogens is 2. The van der Waals surface area contributed by atoms with Crippen LogP contribution in [0.5, 0.6) is 0 Å². The first-order valence-corrected chi connectivity index (χ1v) is 9.18. The van der Waals surface area contributed by atoms with Crippen LogP contribution in [0.2, 0.25) is 0 Å². The molecule has 1 aliphatic rings. The van der Waals surface area contributed by atoms with Crippen LogP contribution in [0.4, 0.5) is 11.5 Å². The number of carbonyl (C=O) groups is 1. The molecule has 0 aliphatic carbocycles. The van der Waals surface area contributed by atoms with Crippen LogP contribution in [0.15, 0.2) is 24.3 Å². The number of nitrogens with zero attached hydrogens (tertiary/aromatic N) is 4. The van der Waals surface area contributed by atoms with Crippen molar-refractivity contribution in [2.45, 2.75) is 27.7 Å². The average Bonchev–Trinajstić information content (AvgIpc) is 2.64. The third-order valence-corrected chi connectivity index (χ3v) is 4.82. The number of nitrogens with one attached hydrogen (secondary N) is 1. The van der Waals surface area contributed by atoms with E-state index in [2.05, 4.69) is 59.2 Å². The van der Waals surface area contributed by atoms with Gasteiger partial charge in [0.2, 0.25) is 0 Å². The fraction of sp³-hybridized carbons (Fsp3) is 0.450. The van der Waals surface area contributed by atoms with Gasteiger partial charge in [0, 0.05) is 37.9 Å². The Kier molecular flexibility index (Phi) is 5.52. The summed E-state index contributed by atoms with van der Waals surface area (Å²) in [5.41, 5.74) is 3.76. The largest absolute Gasteiger partial charge is 0.340 e. The molecule has 1 fully saturated rings. The van der Waals surface area contributed by atoms with Gasteiger partial charge in [-0.1, -0.05) is 19.1 Å². The highest BCUT2D eigenvalue weighted by Gasteiger charge is 2.23. The molecule has 0 spiro atoms. The summed E-state index contributed by atoms with van der Waals surface area (Å²) in [6.07, 6.45) is 0. The molecular formula is C20H27N5O. The Bertz CT molecular complexity index is 797. The molecular weight excluding hydrogens is 326 g/mol. The number of amides is 1. The molecule has 2 heterocycles. The van der Waals surface area contributed by atoms with Crippen molar-refractivity contribution in [3.05, 3.63) is 46.9 Å². The van der Waals surface area contributed by atoms with Gasteiger partial charge in [0.05, 0.1) is 0 Å². The highest BCUT2D eigenvalue weighted by Crippen LogP contribution is 2.21. The molecule has 1 amide bonds. The molecule has 0 unspecified atom stereocenters. The molecule has 1 aromatic heterocycles. The number of anilines is 2. The molecule has 2 aromatic rings. The number of likely N-dealkylation sites (N-methyl/N-ethyl adjacent to an activating group) is 1. The van der Waals surface area contributed by atoms with E-state index in [1.807, 2.05) is 11.8 Å². The van der Waals surface area contributed by atoms with Crippen molar-refractivity contribution in [1.82, 2.24) is 19.8 Å². The molecule has 0 bridgehead atoms. The monoisotopic (exact) mass is 353 g/mol. The van der Waals surface area contributed by atoms with Crippen molar-refractivity contribution < 1.29 is 4.79 Å². The van der Waals surface area contributed by atoms with Crippen LogP contribution in [-0.4, -0.2) is 58.4 Å². The molecule has 0 saturated carbocycles. The molecule has 3 rings (SSSR count). The van der Waals surface area contributed by atoms with E-state index in [4.69, 9.17) is 0 Å². The highest BCUT2D eigenvalue weighted by molar-refractivity contribution is 5.93. The highest BCUT2D eigenvalue weighted by atomic mass is 16.2. The molecule has 1 saturated heterocycles. The number of carbonyl (C=O) groups excluding carboxylic acids is 1. The maximum absolute atomic E-state index is 12.9. The second-order valence-corrected chi connectivity index (χ2v) is 6.86. The Hall–Kier alpha value is -2.47. The summed E-state index contributed by atoms with van der Waals surface area (Å²) < 4.78 is 0. The van der Waals surface area contributed by atoms with Crippen molar-refractivity contribution in [2.75, 3.05) is 38.0 Å². The van der Waals surface area contributed by atoms with E-state index in [1.165, 1.54) is 5.56 Å². The predicted molar refractivity (Wildman–Crippen MR) is 104 cm³/mol. The van der Waals surface area contributed by atoms with Crippen molar-refractivity contribution in [1.29, 1.82) is 0 Å². The van der Waals surface area contributed by atoms with Gasteiger partial charge in [0.15, 0.2) is 0 Å². The SMILES string of the molecule is CCN1CCN(C(=O)c2cc(Nc3cc(C)ccc3C)nc(C)n2)CC1. The van der Waals surface area contributed by atoms with E-state index in [9.17, 15) is 4.79 Å². The molecule has 6 nitrogen and oxygen atoms in total. The fourth-order valence-electron chi connectivity index (χ4n) is 3.18. The minimum Gasteiger partial charge on any atom is -0.340 e. The lowest BCUT2D eigenvalue weighted by Crippen LogP contribution is -2.48. The number of hydrogen-bond donors (Lipinski definition) is 1. The second-order valence-electron chi connectivity index (χ2n) is 6.86. The Morgan fingerprint density at radius 3 is 2.50 bits per heavy atom. The summed E-state index contributed by atoms with van der Waals surface area (Å²) in [4.78, 5) is 25.9. The fourth-order valence-corrected chi connectivity index (χ4v) is 3.18. The van der Waals surface area contributed by atoms with Gasteiger partial charge >= 0.3 is 0 Å². The van der Waals surface area contributed by atoms with Gasteiger partial charge in [0.25, 0.3) is 5.91 Å². The summed E-state index contributed by atoms with van der Waals surface area (Å²) >= 11 is 0. The Balaban J connectivity index is 1.79. The van der Waals surface area contributed by atoms with Gasteiger partial charge in [0.1, 0.15) is 17.3 Å². The van der Waals surface area contributed by atoms with E-state index in [1.54, 1.807) is 6.07 Å². The van der Waals surface area contributed by atoms with Gasteiger partial charge in [-0.15, -0.1) is 0 Å². The smallest absolute Gasteiger partial charge is 0.272 e. The second kappa shape index (κ2) is 7.83. The third kappa shape index (κ3) is 4.19. The first-order chi connectivity index (χ1) is 12.5. The molecule has 26 heavy (non-hydrogen) atoms. The molecule has 1 aliphatic heterocycles. The van der Waals surface area contributed by atoms with Crippen LogP contribution in [0, 0.1) is 20.8 Å². The lowest BCUT2D eigenvalue weighted by atomic mass is 10.1. The zero-order chi connectivity index (χ0) is 18.7. The van der Waals surface area contributed by atoms with Crippen LogP contribution in [0.25, 0.3) is 0 Å². The molecule has 0 radical (unpaired) electrons. The minimum absolute atomic E-state index is 0.0183. The molecule has 6 heteroatoms. The zero-order valence-corrected chi connectivity index (χ0v) is 16.0. The first-order valence-electron chi connectivity index (χ1n) is 9.18. The Morgan fingerprint density at radius 2 is 1.81 bits per heavy atom. The zero-order valence-electron chi connectivity index (χ0n) is 16.0. The average molecular weight is 353 g/mol. The van der Waals surface area contributed by atoms with Crippen LogP contribution < -0.4 is 5.32 Å². The van der Waals surface area contributed by atoms with E-state index < -0.39 is 0 Å². The number of piperazine rings is 1. The van der Waals surface area contributed by atoms with E-state index >= 15 is 0 Å². The van der Waals surface area contributed by atoms with Crippen LogP contribution >= 0.6 is 0 Å². The number of rotatable bonds is 4. The van der Waals surface area contributed by atoms with Gasteiger partial charge < -0.3 is 15.1 Å². The van der Waals surface area contributed by atoms with Gasteiger partial charge in [-0.3, -0.25) is 4.79 Å². The number of benzene rings is 1. The summed E-state index contributed by atoms with van der Waals surface area (Å²) in [5.74, 6) is 1.23. The van der Waals surface area contributed by atoms with E-state index in [-0.39, 0.29) is 5.91 Å². The number of aryl methyl sites for hydroxylation is 3. The molecule has 138 valence electrons. The van der Waals surface area contributed by atoms with E-state index in [0.29, 0.717) is 17.3 Å². The van der Waals surface area contributed by atoms with Crippen LogP contribution in [0.1, 0.15) is 34.4 Å². The molecule has 1 N–H and O–H groups in total. The quantitative estimate of drug-likeness (QED) is 0.916.